The first-order valence-corrected chi connectivity index (χ1v) is 5.27. The van der Waals surface area contributed by atoms with Crippen LogP contribution in [0.2, 0.25) is 0 Å². The van der Waals surface area contributed by atoms with Crippen LogP contribution in [-0.2, 0) is 4.79 Å². The van der Waals surface area contributed by atoms with Crippen LogP contribution in [0.4, 0.5) is 0 Å². The van der Waals surface area contributed by atoms with Crippen molar-refractivity contribution in [2.24, 2.45) is 11.8 Å². The minimum Gasteiger partial charge on any atom is -0.393 e. The number of aliphatic hydroxyl groups is 1. The Balaban J connectivity index is 1.98. The van der Waals surface area contributed by atoms with Crippen molar-refractivity contribution in [1.82, 2.24) is 4.90 Å². The molecule has 1 saturated heterocycles. The van der Waals surface area contributed by atoms with E-state index in [1.165, 1.54) is 0 Å². The van der Waals surface area contributed by atoms with E-state index in [4.69, 9.17) is 11.6 Å². The third-order valence-corrected chi connectivity index (χ3v) is 3.51. The number of carbonyl (C=O) groups is 1. The van der Waals surface area contributed by atoms with E-state index in [9.17, 15) is 9.90 Å². The number of hydrogen-bond donors (Lipinski definition) is 1. The van der Waals surface area contributed by atoms with Crippen molar-refractivity contribution in [3.63, 3.8) is 0 Å². The van der Waals surface area contributed by atoms with Gasteiger partial charge in [0.2, 0.25) is 5.91 Å². The normalized spacial score (nSPS) is 38.0. The Labute approximate surface area is 82.7 Å². The first-order chi connectivity index (χ1) is 6.22. The molecule has 0 aromatic rings. The minimum atomic E-state index is -0.196. The molecular formula is C9H14ClNO2. The molecule has 1 heterocycles. The van der Waals surface area contributed by atoms with Crippen molar-refractivity contribution in [2.75, 3.05) is 19.0 Å². The predicted molar refractivity (Wildman–Crippen MR) is 49.5 cm³/mol. The van der Waals surface area contributed by atoms with Crippen molar-refractivity contribution in [3.8, 4) is 0 Å². The molecule has 2 rings (SSSR count). The highest BCUT2D eigenvalue weighted by molar-refractivity contribution is 6.27. The summed E-state index contributed by atoms with van der Waals surface area (Å²) in [6.45, 7) is 1.50. The van der Waals surface area contributed by atoms with Gasteiger partial charge in [0.25, 0.3) is 0 Å². The Morgan fingerprint density at radius 3 is 2.85 bits per heavy atom. The van der Waals surface area contributed by atoms with Gasteiger partial charge in [0, 0.05) is 19.0 Å². The maximum absolute atomic E-state index is 11.3. The number of fused-ring (bicyclic) bond motifs is 1. The van der Waals surface area contributed by atoms with Gasteiger partial charge in [0.1, 0.15) is 5.88 Å². The van der Waals surface area contributed by atoms with E-state index in [-0.39, 0.29) is 17.9 Å². The predicted octanol–water partition coefficient (Wildman–Crippen LogP) is 0.454. The fourth-order valence-corrected chi connectivity index (χ4v) is 2.69. The van der Waals surface area contributed by atoms with Crippen molar-refractivity contribution >= 4 is 17.5 Å². The fraction of sp³-hybridized carbons (Fsp3) is 0.889. The Kier molecular flexibility index (Phi) is 2.47. The Bertz CT molecular complexity index is 222. The summed E-state index contributed by atoms with van der Waals surface area (Å²) in [4.78, 5) is 13.0. The second kappa shape index (κ2) is 3.46. The quantitative estimate of drug-likeness (QED) is 0.629. The number of amides is 1. The molecule has 2 aliphatic rings. The van der Waals surface area contributed by atoms with Crippen LogP contribution in [0.15, 0.2) is 0 Å². The monoisotopic (exact) mass is 203 g/mol. The van der Waals surface area contributed by atoms with Gasteiger partial charge in [-0.15, -0.1) is 11.6 Å². The Morgan fingerprint density at radius 2 is 2.23 bits per heavy atom. The number of nitrogens with zero attached hydrogens (tertiary/aromatic N) is 1. The molecule has 0 aromatic carbocycles. The number of alkyl halides is 1. The molecule has 74 valence electrons. The van der Waals surface area contributed by atoms with Crippen LogP contribution in [0, 0.1) is 11.8 Å². The molecule has 3 unspecified atom stereocenters. The van der Waals surface area contributed by atoms with Crippen molar-refractivity contribution in [3.05, 3.63) is 0 Å². The number of carbonyl (C=O) groups excluding carboxylic acids is 1. The number of rotatable bonds is 1. The highest BCUT2D eigenvalue weighted by atomic mass is 35.5. The molecule has 4 heteroatoms. The summed E-state index contributed by atoms with van der Waals surface area (Å²) in [7, 11) is 0. The number of hydrogen-bond acceptors (Lipinski definition) is 2. The average molecular weight is 204 g/mol. The van der Waals surface area contributed by atoms with Crippen molar-refractivity contribution < 1.29 is 9.90 Å². The Morgan fingerprint density at radius 1 is 1.46 bits per heavy atom. The second-order valence-corrected chi connectivity index (χ2v) is 4.27. The molecule has 1 amide bonds. The van der Waals surface area contributed by atoms with Gasteiger partial charge in [0.15, 0.2) is 0 Å². The molecule has 3 atom stereocenters. The zero-order chi connectivity index (χ0) is 9.42. The molecule has 0 spiro atoms. The van der Waals surface area contributed by atoms with Gasteiger partial charge in [-0.2, -0.15) is 0 Å². The summed E-state index contributed by atoms with van der Waals surface area (Å²) >= 11 is 5.47. The van der Waals surface area contributed by atoms with Crippen molar-refractivity contribution in [1.29, 1.82) is 0 Å². The van der Waals surface area contributed by atoms with Gasteiger partial charge in [-0.3, -0.25) is 4.79 Å². The van der Waals surface area contributed by atoms with Crippen LogP contribution in [0.1, 0.15) is 12.8 Å². The van der Waals surface area contributed by atoms with Gasteiger partial charge >= 0.3 is 0 Å². The van der Waals surface area contributed by atoms with Gasteiger partial charge in [0.05, 0.1) is 6.10 Å². The molecule has 1 aliphatic heterocycles. The third-order valence-electron chi connectivity index (χ3n) is 3.29. The molecule has 3 nitrogen and oxygen atoms in total. The smallest absolute Gasteiger partial charge is 0.237 e. The molecule has 0 bridgehead atoms. The lowest BCUT2D eigenvalue weighted by atomic mass is 10.00. The largest absolute Gasteiger partial charge is 0.393 e. The maximum Gasteiger partial charge on any atom is 0.237 e. The molecule has 1 aliphatic carbocycles. The molecule has 0 aromatic heterocycles. The van der Waals surface area contributed by atoms with E-state index in [1.54, 1.807) is 4.90 Å². The number of likely N-dealkylation sites (tertiary alicyclic amines) is 1. The lowest BCUT2D eigenvalue weighted by Crippen LogP contribution is -2.31. The average Bonchev–Trinajstić information content (AvgIpc) is 2.67. The van der Waals surface area contributed by atoms with Gasteiger partial charge < -0.3 is 10.0 Å². The minimum absolute atomic E-state index is 0.00302. The summed E-state index contributed by atoms with van der Waals surface area (Å²) in [5, 5.41) is 9.60. The zero-order valence-corrected chi connectivity index (χ0v) is 8.20. The molecule has 0 radical (unpaired) electrons. The zero-order valence-electron chi connectivity index (χ0n) is 7.45. The second-order valence-electron chi connectivity index (χ2n) is 4.00. The van der Waals surface area contributed by atoms with Gasteiger partial charge in [-0.05, 0) is 18.8 Å². The van der Waals surface area contributed by atoms with E-state index < -0.39 is 0 Å². The van der Waals surface area contributed by atoms with Crippen LogP contribution in [0.5, 0.6) is 0 Å². The molecule has 1 saturated carbocycles. The first kappa shape index (κ1) is 9.28. The van der Waals surface area contributed by atoms with E-state index in [2.05, 4.69) is 0 Å². The van der Waals surface area contributed by atoms with E-state index in [1.807, 2.05) is 0 Å². The number of aliphatic hydroxyl groups excluding tert-OH is 1. The highest BCUT2D eigenvalue weighted by Gasteiger charge is 2.42. The lowest BCUT2D eigenvalue weighted by molar-refractivity contribution is -0.127. The van der Waals surface area contributed by atoms with Gasteiger partial charge in [-0.25, -0.2) is 0 Å². The number of halogens is 1. The lowest BCUT2D eigenvalue weighted by Gasteiger charge is -2.16. The van der Waals surface area contributed by atoms with Crippen LogP contribution in [-0.4, -0.2) is 41.0 Å². The van der Waals surface area contributed by atoms with Gasteiger partial charge in [-0.1, -0.05) is 0 Å². The van der Waals surface area contributed by atoms with Crippen molar-refractivity contribution in [2.45, 2.75) is 18.9 Å². The molecule has 2 fully saturated rings. The van der Waals surface area contributed by atoms with Crippen LogP contribution in [0.3, 0.4) is 0 Å². The fourth-order valence-electron chi connectivity index (χ4n) is 2.52. The van der Waals surface area contributed by atoms with Crippen LogP contribution in [0.25, 0.3) is 0 Å². The summed E-state index contributed by atoms with van der Waals surface area (Å²) in [5.74, 6) is 0.896. The van der Waals surface area contributed by atoms with E-state index >= 15 is 0 Å². The standard InChI is InChI=1S/C9H14ClNO2/c10-3-9(13)11-4-6-1-2-8(12)7(6)5-11/h6-8,12H,1-5H2. The van der Waals surface area contributed by atoms with E-state index in [0.29, 0.717) is 18.4 Å². The molecular weight excluding hydrogens is 190 g/mol. The Hall–Kier alpha value is -0.280. The summed E-state index contributed by atoms with van der Waals surface area (Å²) in [6, 6.07) is 0. The van der Waals surface area contributed by atoms with Crippen LogP contribution >= 0.6 is 11.6 Å². The highest BCUT2D eigenvalue weighted by Crippen LogP contribution is 2.37. The maximum atomic E-state index is 11.3. The topological polar surface area (TPSA) is 40.5 Å². The summed E-state index contributed by atoms with van der Waals surface area (Å²) < 4.78 is 0. The summed E-state index contributed by atoms with van der Waals surface area (Å²) in [6.07, 6.45) is 1.76. The summed E-state index contributed by atoms with van der Waals surface area (Å²) in [5.41, 5.74) is 0. The first-order valence-electron chi connectivity index (χ1n) is 4.74. The molecule has 1 N–H and O–H groups in total. The van der Waals surface area contributed by atoms with E-state index in [0.717, 1.165) is 19.4 Å². The molecule has 13 heavy (non-hydrogen) atoms. The third kappa shape index (κ3) is 1.55. The van der Waals surface area contributed by atoms with Crippen LogP contribution < -0.4 is 0 Å². The SMILES string of the molecule is O=C(CCl)N1CC2CCC(O)C2C1.